The first-order valence-electron chi connectivity index (χ1n) is 5.06. The summed E-state index contributed by atoms with van der Waals surface area (Å²) in [5.41, 5.74) is 5.92. The fraction of sp³-hybridized carbons (Fsp3) is 0.900. The molecule has 0 aromatic heterocycles. The predicted octanol–water partition coefficient (Wildman–Crippen LogP) is 0.981. The summed E-state index contributed by atoms with van der Waals surface area (Å²) in [6.45, 7) is 3.86. The average molecular weight is 184 g/mol. The van der Waals surface area contributed by atoms with E-state index in [9.17, 15) is 4.79 Å². The summed E-state index contributed by atoms with van der Waals surface area (Å²) in [5, 5.41) is 0. The van der Waals surface area contributed by atoms with E-state index in [1.54, 1.807) is 0 Å². The van der Waals surface area contributed by atoms with E-state index >= 15 is 0 Å². The highest BCUT2D eigenvalue weighted by Crippen LogP contribution is 2.22. The lowest BCUT2D eigenvalue weighted by atomic mass is 10.1. The van der Waals surface area contributed by atoms with Gasteiger partial charge in [0.05, 0.1) is 0 Å². The molecule has 1 aliphatic rings. The van der Waals surface area contributed by atoms with E-state index in [-0.39, 0.29) is 23.9 Å². The van der Waals surface area contributed by atoms with Gasteiger partial charge in [0, 0.05) is 25.0 Å². The molecule has 1 saturated carbocycles. The molecule has 1 aliphatic carbocycles. The van der Waals surface area contributed by atoms with E-state index in [2.05, 4.69) is 0 Å². The fourth-order valence-electron chi connectivity index (χ4n) is 2.02. The summed E-state index contributed by atoms with van der Waals surface area (Å²) in [6, 6.07) is 0.461. The van der Waals surface area contributed by atoms with Gasteiger partial charge in [0.15, 0.2) is 0 Å². The monoisotopic (exact) mass is 184 g/mol. The molecule has 1 fully saturated rings. The van der Waals surface area contributed by atoms with Gasteiger partial charge < -0.3 is 10.6 Å². The Labute approximate surface area is 80.3 Å². The highest BCUT2D eigenvalue weighted by molar-refractivity contribution is 5.78. The second-order valence-electron chi connectivity index (χ2n) is 4.27. The van der Waals surface area contributed by atoms with Crippen LogP contribution in [0, 0.1) is 5.92 Å². The third-order valence-electron chi connectivity index (χ3n) is 2.87. The molecule has 76 valence electrons. The zero-order chi connectivity index (χ0) is 10.0. The molecule has 2 unspecified atom stereocenters. The molecule has 2 atom stereocenters. The van der Waals surface area contributed by atoms with Gasteiger partial charge in [-0.2, -0.15) is 0 Å². The third kappa shape index (κ3) is 2.21. The first kappa shape index (κ1) is 10.5. The van der Waals surface area contributed by atoms with Crippen molar-refractivity contribution >= 4 is 5.91 Å². The molecule has 1 rings (SSSR count). The number of carbonyl (C=O) groups is 1. The van der Waals surface area contributed by atoms with Gasteiger partial charge in [0.25, 0.3) is 0 Å². The normalized spacial score (nSPS) is 28.1. The molecule has 0 bridgehead atoms. The van der Waals surface area contributed by atoms with Gasteiger partial charge in [-0.05, 0) is 19.3 Å². The smallest absolute Gasteiger partial charge is 0.225 e. The van der Waals surface area contributed by atoms with Crippen molar-refractivity contribution in [3.63, 3.8) is 0 Å². The number of hydrogen-bond donors (Lipinski definition) is 1. The number of hydrogen-bond acceptors (Lipinski definition) is 2. The number of nitrogens with zero attached hydrogens (tertiary/aromatic N) is 1. The Bertz CT molecular complexity index is 191. The number of rotatable bonds is 2. The molecule has 0 radical (unpaired) electrons. The highest BCUT2D eigenvalue weighted by Gasteiger charge is 2.30. The van der Waals surface area contributed by atoms with Crippen molar-refractivity contribution in [2.24, 2.45) is 11.7 Å². The summed E-state index contributed by atoms with van der Waals surface area (Å²) in [7, 11) is 1.87. The molecule has 13 heavy (non-hydrogen) atoms. The standard InChI is InChI=1S/C10H20N2O/c1-7(2)10(13)12(3)9-6-4-5-8(9)11/h7-9H,4-6,11H2,1-3H3. The lowest BCUT2D eigenvalue weighted by Gasteiger charge is -2.29. The summed E-state index contributed by atoms with van der Waals surface area (Å²) < 4.78 is 0. The van der Waals surface area contributed by atoms with E-state index in [1.165, 1.54) is 0 Å². The SMILES string of the molecule is CC(C)C(=O)N(C)C1CCCC1N. The van der Waals surface area contributed by atoms with Gasteiger partial charge >= 0.3 is 0 Å². The minimum Gasteiger partial charge on any atom is -0.341 e. The van der Waals surface area contributed by atoms with Gasteiger partial charge in [-0.15, -0.1) is 0 Å². The zero-order valence-corrected chi connectivity index (χ0v) is 8.79. The van der Waals surface area contributed by atoms with Gasteiger partial charge in [0.1, 0.15) is 0 Å². The van der Waals surface area contributed by atoms with Crippen LogP contribution < -0.4 is 5.73 Å². The number of likely N-dealkylation sites (N-methyl/N-ethyl adjacent to an activating group) is 1. The Morgan fingerprint density at radius 3 is 2.46 bits per heavy atom. The van der Waals surface area contributed by atoms with Crippen LogP contribution in [-0.4, -0.2) is 29.9 Å². The molecular formula is C10H20N2O. The van der Waals surface area contributed by atoms with Crippen molar-refractivity contribution in [3.05, 3.63) is 0 Å². The van der Waals surface area contributed by atoms with Crippen LogP contribution in [0.5, 0.6) is 0 Å². The van der Waals surface area contributed by atoms with E-state index in [0.717, 1.165) is 19.3 Å². The summed E-state index contributed by atoms with van der Waals surface area (Å²) >= 11 is 0. The minimum atomic E-state index is 0.0813. The third-order valence-corrected chi connectivity index (χ3v) is 2.87. The summed E-state index contributed by atoms with van der Waals surface area (Å²) in [6.07, 6.45) is 3.28. The number of carbonyl (C=O) groups excluding carboxylic acids is 1. The van der Waals surface area contributed by atoms with Crippen LogP contribution in [0.15, 0.2) is 0 Å². The van der Waals surface area contributed by atoms with E-state index in [0.29, 0.717) is 0 Å². The molecule has 0 saturated heterocycles. The Morgan fingerprint density at radius 2 is 2.08 bits per heavy atom. The molecule has 0 aliphatic heterocycles. The van der Waals surface area contributed by atoms with Gasteiger partial charge in [-0.1, -0.05) is 13.8 Å². The molecule has 0 heterocycles. The molecule has 0 spiro atoms. The van der Waals surface area contributed by atoms with Crippen molar-refractivity contribution in [1.82, 2.24) is 4.90 Å². The molecule has 0 aromatic carbocycles. The van der Waals surface area contributed by atoms with Crippen molar-refractivity contribution in [3.8, 4) is 0 Å². The molecule has 3 nitrogen and oxygen atoms in total. The van der Waals surface area contributed by atoms with Crippen LogP contribution >= 0.6 is 0 Å². The summed E-state index contributed by atoms with van der Waals surface area (Å²) in [5.74, 6) is 0.292. The predicted molar refractivity (Wildman–Crippen MR) is 53.2 cm³/mol. The Kier molecular flexibility index (Phi) is 3.31. The van der Waals surface area contributed by atoms with Crippen molar-refractivity contribution < 1.29 is 4.79 Å². The largest absolute Gasteiger partial charge is 0.341 e. The van der Waals surface area contributed by atoms with Crippen molar-refractivity contribution in [1.29, 1.82) is 0 Å². The molecular weight excluding hydrogens is 164 g/mol. The van der Waals surface area contributed by atoms with Crippen LogP contribution in [-0.2, 0) is 4.79 Å². The first-order valence-corrected chi connectivity index (χ1v) is 5.06. The average Bonchev–Trinajstić information content (AvgIpc) is 2.48. The maximum Gasteiger partial charge on any atom is 0.225 e. The van der Waals surface area contributed by atoms with Crippen molar-refractivity contribution in [2.75, 3.05) is 7.05 Å². The second-order valence-corrected chi connectivity index (χ2v) is 4.27. The van der Waals surface area contributed by atoms with Crippen molar-refractivity contribution in [2.45, 2.75) is 45.2 Å². The quantitative estimate of drug-likeness (QED) is 0.695. The van der Waals surface area contributed by atoms with Crippen LogP contribution in [0.4, 0.5) is 0 Å². The Morgan fingerprint density at radius 1 is 1.46 bits per heavy atom. The number of amides is 1. The van der Waals surface area contributed by atoms with E-state index in [4.69, 9.17) is 5.73 Å². The maximum atomic E-state index is 11.6. The molecule has 0 aromatic rings. The Hall–Kier alpha value is -0.570. The highest BCUT2D eigenvalue weighted by atomic mass is 16.2. The van der Waals surface area contributed by atoms with Crippen LogP contribution in [0.3, 0.4) is 0 Å². The van der Waals surface area contributed by atoms with Crippen LogP contribution in [0.25, 0.3) is 0 Å². The lowest BCUT2D eigenvalue weighted by Crippen LogP contribution is -2.46. The first-order chi connectivity index (χ1) is 6.04. The molecule has 1 amide bonds. The second kappa shape index (κ2) is 4.09. The van der Waals surface area contributed by atoms with Gasteiger partial charge in [-0.3, -0.25) is 4.79 Å². The molecule has 2 N–H and O–H groups in total. The Balaban J connectivity index is 2.56. The minimum absolute atomic E-state index is 0.0813. The van der Waals surface area contributed by atoms with Gasteiger partial charge in [-0.25, -0.2) is 0 Å². The van der Waals surface area contributed by atoms with Crippen LogP contribution in [0.2, 0.25) is 0 Å². The van der Waals surface area contributed by atoms with E-state index in [1.807, 2.05) is 25.8 Å². The fourth-order valence-corrected chi connectivity index (χ4v) is 2.02. The maximum absolute atomic E-state index is 11.6. The zero-order valence-electron chi connectivity index (χ0n) is 8.79. The van der Waals surface area contributed by atoms with Crippen LogP contribution in [0.1, 0.15) is 33.1 Å². The van der Waals surface area contributed by atoms with E-state index < -0.39 is 0 Å². The lowest BCUT2D eigenvalue weighted by molar-refractivity contribution is -0.135. The van der Waals surface area contributed by atoms with Gasteiger partial charge in [0.2, 0.25) is 5.91 Å². The molecule has 3 heteroatoms. The summed E-state index contributed by atoms with van der Waals surface area (Å²) in [4.78, 5) is 13.5. The number of nitrogens with two attached hydrogens (primary N) is 1. The topological polar surface area (TPSA) is 46.3 Å².